The molecule has 1 heterocycles. The molecule has 0 spiro atoms. The molecule has 1 aromatic rings. The summed E-state index contributed by atoms with van der Waals surface area (Å²) in [5, 5.41) is 16.1. The van der Waals surface area contributed by atoms with Gasteiger partial charge in [0.2, 0.25) is 5.91 Å². The number of amidine groups is 1. The summed E-state index contributed by atoms with van der Waals surface area (Å²) in [4.78, 5) is 13.0. The Morgan fingerprint density at radius 3 is 2.50 bits per heavy atom. The van der Waals surface area contributed by atoms with Gasteiger partial charge in [-0.1, -0.05) is 11.8 Å². The molecule has 18 heavy (non-hydrogen) atoms. The molecule has 0 saturated carbocycles. The number of nitrogens with zero attached hydrogens (tertiary/aromatic N) is 3. The van der Waals surface area contributed by atoms with Crippen LogP contribution in [0.3, 0.4) is 0 Å². The summed E-state index contributed by atoms with van der Waals surface area (Å²) in [5.74, 6) is 0.185. The van der Waals surface area contributed by atoms with Crippen molar-refractivity contribution in [1.82, 2.24) is 15.1 Å². The van der Waals surface area contributed by atoms with Crippen LogP contribution >= 0.6 is 11.8 Å². The van der Waals surface area contributed by atoms with Gasteiger partial charge in [0, 0.05) is 14.1 Å². The lowest BCUT2D eigenvalue weighted by molar-refractivity contribution is -0.125. The number of nitrogen functional groups attached to an aromatic ring is 1. The molecule has 0 atom stereocenters. The van der Waals surface area contributed by atoms with E-state index in [0.717, 1.165) is 11.3 Å². The molecule has 6 nitrogen and oxygen atoms in total. The third-order valence-electron chi connectivity index (χ3n) is 2.52. The van der Waals surface area contributed by atoms with E-state index in [1.165, 1.54) is 16.7 Å². The summed E-state index contributed by atoms with van der Waals surface area (Å²) in [5.41, 5.74) is 7.70. The lowest BCUT2D eigenvalue weighted by atomic mass is 10.1. The number of nitrogens with two attached hydrogens (primary N) is 1. The molecule has 7 heteroatoms. The molecule has 1 rings (SSSR count). The maximum atomic E-state index is 11.5. The van der Waals surface area contributed by atoms with Gasteiger partial charge in [-0.25, -0.2) is 0 Å². The van der Waals surface area contributed by atoms with Crippen molar-refractivity contribution in [3.05, 3.63) is 16.8 Å². The molecule has 0 radical (unpaired) electrons. The number of rotatable bonds is 4. The van der Waals surface area contributed by atoms with E-state index >= 15 is 0 Å². The fraction of sp³-hybridized carbons (Fsp3) is 0.455. The van der Waals surface area contributed by atoms with E-state index in [1.807, 2.05) is 13.8 Å². The van der Waals surface area contributed by atoms with E-state index in [-0.39, 0.29) is 17.5 Å². The van der Waals surface area contributed by atoms with E-state index in [9.17, 15) is 4.79 Å². The lowest BCUT2D eigenvalue weighted by Gasteiger charge is -2.12. The lowest BCUT2D eigenvalue weighted by Crippen LogP contribution is -2.24. The highest BCUT2D eigenvalue weighted by atomic mass is 32.2. The first-order chi connectivity index (χ1) is 8.34. The Morgan fingerprint density at radius 1 is 1.39 bits per heavy atom. The van der Waals surface area contributed by atoms with E-state index in [0.29, 0.717) is 10.6 Å². The van der Waals surface area contributed by atoms with Crippen molar-refractivity contribution in [2.45, 2.75) is 18.9 Å². The van der Waals surface area contributed by atoms with Gasteiger partial charge in [-0.15, -0.1) is 5.10 Å². The monoisotopic (exact) mass is 267 g/mol. The van der Waals surface area contributed by atoms with Gasteiger partial charge in [0.05, 0.1) is 17.0 Å². The number of nitrogens with one attached hydrogen (secondary N) is 1. The van der Waals surface area contributed by atoms with Crippen LogP contribution in [-0.4, -0.2) is 46.7 Å². The first-order valence-electron chi connectivity index (χ1n) is 5.35. The second-order valence-electron chi connectivity index (χ2n) is 4.08. The van der Waals surface area contributed by atoms with Crippen LogP contribution in [0.2, 0.25) is 0 Å². The van der Waals surface area contributed by atoms with Crippen LogP contribution in [0.1, 0.15) is 16.8 Å². The van der Waals surface area contributed by atoms with Crippen LogP contribution < -0.4 is 5.73 Å². The zero-order valence-electron chi connectivity index (χ0n) is 10.9. The fourth-order valence-electron chi connectivity index (χ4n) is 1.26. The van der Waals surface area contributed by atoms with Crippen LogP contribution in [0.15, 0.2) is 5.03 Å². The number of hydrogen-bond acceptors (Lipinski definition) is 5. The second kappa shape index (κ2) is 5.81. The van der Waals surface area contributed by atoms with Crippen molar-refractivity contribution in [3.8, 4) is 0 Å². The molecule has 0 unspecified atom stereocenters. The minimum atomic E-state index is -0.0506. The molecule has 0 aliphatic heterocycles. The van der Waals surface area contributed by atoms with Crippen LogP contribution in [0.4, 0.5) is 0 Å². The molecular formula is C11H17N5OS. The molecule has 1 amide bonds. The molecule has 3 N–H and O–H groups in total. The minimum absolute atomic E-state index is 0.0190. The molecule has 1 aromatic heterocycles. The van der Waals surface area contributed by atoms with Crippen molar-refractivity contribution < 1.29 is 4.79 Å². The smallest absolute Gasteiger partial charge is 0.232 e. The Bertz CT molecular complexity index is 487. The Labute approximate surface area is 110 Å². The van der Waals surface area contributed by atoms with Crippen LogP contribution in [0.25, 0.3) is 0 Å². The van der Waals surface area contributed by atoms with Gasteiger partial charge >= 0.3 is 0 Å². The normalized spacial score (nSPS) is 10.2. The quantitative estimate of drug-likeness (QED) is 0.472. The number of aryl methyl sites for hydroxylation is 1. The number of carbonyl (C=O) groups excluding carboxylic acids is 1. The van der Waals surface area contributed by atoms with Crippen LogP contribution in [0.5, 0.6) is 0 Å². The molecule has 0 bridgehead atoms. The summed E-state index contributed by atoms with van der Waals surface area (Å²) in [6.07, 6.45) is 0. The molecule has 0 fully saturated rings. The fourth-order valence-corrected chi connectivity index (χ4v) is 2.29. The van der Waals surface area contributed by atoms with Crippen molar-refractivity contribution in [3.63, 3.8) is 0 Å². The average Bonchev–Trinajstić information content (AvgIpc) is 2.29. The van der Waals surface area contributed by atoms with Gasteiger partial charge in [0.15, 0.2) is 0 Å². The van der Waals surface area contributed by atoms with E-state index in [1.54, 1.807) is 14.1 Å². The number of amides is 1. The highest BCUT2D eigenvalue weighted by Crippen LogP contribution is 2.23. The predicted octanol–water partition coefficient (Wildman–Crippen LogP) is 0.558. The zero-order valence-corrected chi connectivity index (χ0v) is 11.8. The predicted molar refractivity (Wildman–Crippen MR) is 71.9 cm³/mol. The van der Waals surface area contributed by atoms with Crippen LogP contribution in [0, 0.1) is 19.3 Å². The van der Waals surface area contributed by atoms with E-state index in [2.05, 4.69) is 10.2 Å². The molecule has 0 aromatic carbocycles. The third-order valence-corrected chi connectivity index (χ3v) is 3.47. The molecule has 0 aliphatic rings. The van der Waals surface area contributed by atoms with E-state index < -0.39 is 0 Å². The topological polar surface area (TPSA) is 96.0 Å². The van der Waals surface area contributed by atoms with Crippen molar-refractivity contribution in [1.29, 1.82) is 5.41 Å². The van der Waals surface area contributed by atoms with Gasteiger partial charge in [-0.3, -0.25) is 10.2 Å². The van der Waals surface area contributed by atoms with Crippen molar-refractivity contribution in [2.75, 3.05) is 19.8 Å². The maximum Gasteiger partial charge on any atom is 0.232 e. The van der Waals surface area contributed by atoms with E-state index in [4.69, 9.17) is 11.1 Å². The number of thioether (sulfide) groups is 1. The van der Waals surface area contributed by atoms with Gasteiger partial charge in [0.1, 0.15) is 10.9 Å². The molecule has 0 aliphatic carbocycles. The Balaban J connectivity index is 2.99. The highest BCUT2D eigenvalue weighted by molar-refractivity contribution is 8.00. The third kappa shape index (κ3) is 3.19. The average molecular weight is 267 g/mol. The molecular weight excluding hydrogens is 250 g/mol. The number of carbonyl (C=O) groups is 1. The Morgan fingerprint density at radius 2 is 2.00 bits per heavy atom. The Kier molecular flexibility index (Phi) is 4.66. The number of aromatic nitrogens is 2. The van der Waals surface area contributed by atoms with Crippen LogP contribution in [-0.2, 0) is 4.79 Å². The summed E-state index contributed by atoms with van der Waals surface area (Å²) < 4.78 is 0. The first-order valence-corrected chi connectivity index (χ1v) is 6.34. The second-order valence-corrected chi connectivity index (χ2v) is 5.05. The summed E-state index contributed by atoms with van der Waals surface area (Å²) in [6, 6.07) is 0. The summed E-state index contributed by atoms with van der Waals surface area (Å²) in [7, 11) is 3.39. The molecule has 0 saturated heterocycles. The summed E-state index contributed by atoms with van der Waals surface area (Å²) in [6.45, 7) is 3.66. The van der Waals surface area contributed by atoms with Gasteiger partial charge in [-0.05, 0) is 19.4 Å². The van der Waals surface area contributed by atoms with Crippen molar-refractivity contribution in [2.24, 2.45) is 5.73 Å². The molecule has 98 valence electrons. The number of hydrogen-bond donors (Lipinski definition) is 2. The largest absolute Gasteiger partial charge is 0.384 e. The van der Waals surface area contributed by atoms with Gasteiger partial charge < -0.3 is 10.6 Å². The zero-order chi connectivity index (χ0) is 13.9. The highest BCUT2D eigenvalue weighted by Gasteiger charge is 2.15. The Hall–Kier alpha value is -1.63. The first kappa shape index (κ1) is 14.4. The SMILES string of the molecule is Cc1nnc(SCC(=O)N(C)C)c(C(=N)N)c1C. The van der Waals surface area contributed by atoms with Gasteiger partial charge in [-0.2, -0.15) is 5.10 Å². The van der Waals surface area contributed by atoms with Crippen molar-refractivity contribution >= 4 is 23.5 Å². The summed E-state index contributed by atoms with van der Waals surface area (Å²) >= 11 is 1.25. The van der Waals surface area contributed by atoms with Gasteiger partial charge in [0.25, 0.3) is 0 Å². The minimum Gasteiger partial charge on any atom is -0.384 e. The standard InChI is InChI=1S/C11H17N5OS/c1-6-7(2)14-15-11(9(6)10(12)13)18-5-8(17)16(3)4/h5H2,1-4H3,(H3,12,13). The maximum absolute atomic E-state index is 11.5.